The third-order valence-corrected chi connectivity index (χ3v) is 7.93. The highest BCUT2D eigenvalue weighted by molar-refractivity contribution is 5.94. The summed E-state index contributed by atoms with van der Waals surface area (Å²) in [6.07, 6.45) is -0.130. The number of rotatable bonds is 7. The predicted octanol–water partition coefficient (Wildman–Crippen LogP) is 6.43. The molecule has 0 saturated heterocycles. The Kier molecular flexibility index (Phi) is 7.49. The van der Waals surface area contributed by atoms with E-state index in [9.17, 15) is 30.0 Å². The van der Waals surface area contributed by atoms with Gasteiger partial charge in [0.05, 0.1) is 13.5 Å². The summed E-state index contributed by atoms with van der Waals surface area (Å²) >= 11 is 0. The van der Waals surface area contributed by atoms with Crippen molar-refractivity contribution in [3.05, 3.63) is 99.2 Å². The zero-order valence-corrected chi connectivity index (χ0v) is 24.7. The standard InChI is InChI=1S/C35H30O10/c1-17(2)19-6-4-18(5-7-19)16-43-27-13-20(9-11-26(27)42-3)22-14-29(39)44-28-15-25(38)31-32(40)33(41)34(45-35(31)30(22)28)21-8-10-23(36)24(37)12-21/h4-13,15,17,22,36-38,41H,14,16H2,1-3H3. The lowest BCUT2D eigenvalue weighted by atomic mass is 9.85. The molecule has 1 unspecified atom stereocenters. The van der Waals surface area contributed by atoms with Crippen molar-refractivity contribution in [3.63, 3.8) is 0 Å². The van der Waals surface area contributed by atoms with Gasteiger partial charge in [0.25, 0.3) is 0 Å². The first-order valence-electron chi connectivity index (χ1n) is 14.2. The van der Waals surface area contributed by atoms with Gasteiger partial charge in [-0.2, -0.15) is 0 Å². The summed E-state index contributed by atoms with van der Waals surface area (Å²) in [4.78, 5) is 26.2. The van der Waals surface area contributed by atoms with Crippen molar-refractivity contribution >= 4 is 16.9 Å². The van der Waals surface area contributed by atoms with Crippen LogP contribution < -0.4 is 19.6 Å². The van der Waals surface area contributed by atoms with Gasteiger partial charge < -0.3 is 39.1 Å². The first-order chi connectivity index (χ1) is 21.5. The van der Waals surface area contributed by atoms with E-state index in [1.807, 2.05) is 12.1 Å². The third kappa shape index (κ3) is 5.35. The Bertz CT molecular complexity index is 2010. The highest BCUT2D eigenvalue weighted by Crippen LogP contribution is 2.48. The van der Waals surface area contributed by atoms with Gasteiger partial charge in [-0.25, -0.2) is 0 Å². The molecule has 230 valence electrons. The van der Waals surface area contributed by atoms with Gasteiger partial charge >= 0.3 is 5.97 Å². The maximum absolute atomic E-state index is 13.4. The average molecular weight is 611 g/mol. The van der Waals surface area contributed by atoms with Crippen LogP contribution in [-0.4, -0.2) is 33.5 Å². The first-order valence-corrected chi connectivity index (χ1v) is 14.2. The van der Waals surface area contributed by atoms with Crippen molar-refractivity contribution in [3.8, 4) is 51.6 Å². The summed E-state index contributed by atoms with van der Waals surface area (Å²) in [7, 11) is 1.52. The quantitative estimate of drug-likeness (QED) is 0.0919. The molecule has 1 aliphatic heterocycles. The molecule has 1 aliphatic rings. The molecule has 0 saturated carbocycles. The monoisotopic (exact) mass is 610 g/mol. The fourth-order valence-corrected chi connectivity index (χ4v) is 5.51. The molecule has 0 radical (unpaired) electrons. The zero-order valence-electron chi connectivity index (χ0n) is 24.7. The van der Waals surface area contributed by atoms with E-state index >= 15 is 0 Å². The maximum Gasteiger partial charge on any atom is 0.312 e. The minimum absolute atomic E-state index is 0.0156. The number of fused-ring (bicyclic) bond motifs is 3. The molecule has 45 heavy (non-hydrogen) atoms. The third-order valence-electron chi connectivity index (χ3n) is 7.93. The van der Waals surface area contributed by atoms with Gasteiger partial charge in [0.15, 0.2) is 28.8 Å². The number of hydrogen-bond acceptors (Lipinski definition) is 10. The van der Waals surface area contributed by atoms with Crippen molar-refractivity contribution in [2.45, 2.75) is 38.7 Å². The Hall–Kier alpha value is -5.64. The molecule has 0 spiro atoms. The van der Waals surface area contributed by atoms with Gasteiger partial charge in [-0.15, -0.1) is 0 Å². The molecule has 5 aromatic rings. The van der Waals surface area contributed by atoms with Crippen LogP contribution in [0.5, 0.6) is 40.2 Å². The van der Waals surface area contributed by atoms with Crippen molar-refractivity contribution < 1.29 is 43.8 Å². The molecule has 2 heterocycles. The van der Waals surface area contributed by atoms with Crippen molar-refractivity contribution in [1.29, 1.82) is 0 Å². The van der Waals surface area contributed by atoms with Crippen molar-refractivity contribution in [2.75, 3.05) is 7.11 Å². The second-order valence-corrected chi connectivity index (χ2v) is 11.2. The SMILES string of the molecule is COc1ccc(C2CC(=O)Oc3cc(O)c4c(=O)c(O)c(-c5ccc(O)c(O)c5)oc4c32)cc1OCc1ccc(C(C)C)cc1. The van der Waals surface area contributed by atoms with E-state index in [1.54, 1.807) is 18.2 Å². The highest BCUT2D eigenvalue weighted by Gasteiger charge is 2.35. The lowest BCUT2D eigenvalue weighted by molar-refractivity contribution is -0.135. The molecular weight excluding hydrogens is 580 g/mol. The summed E-state index contributed by atoms with van der Waals surface area (Å²) in [5.41, 5.74) is 2.12. The van der Waals surface area contributed by atoms with Crippen LogP contribution in [0.2, 0.25) is 0 Å². The number of ether oxygens (including phenoxy) is 3. The van der Waals surface area contributed by atoms with Gasteiger partial charge in [0.2, 0.25) is 11.2 Å². The normalized spacial score (nSPS) is 14.3. The van der Waals surface area contributed by atoms with Crippen LogP contribution >= 0.6 is 0 Å². The van der Waals surface area contributed by atoms with Crippen LogP contribution in [0.15, 0.2) is 75.9 Å². The van der Waals surface area contributed by atoms with Gasteiger partial charge in [-0.05, 0) is 52.9 Å². The molecule has 4 aromatic carbocycles. The van der Waals surface area contributed by atoms with Crippen LogP contribution in [0.25, 0.3) is 22.3 Å². The number of benzene rings is 4. The lowest BCUT2D eigenvalue weighted by Gasteiger charge is -2.26. The van der Waals surface area contributed by atoms with E-state index in [1.165, 1.54) is 24.8 Å². The number of esters is 1. The van der Waals surface area contributed by atoms with Crippen LogP contribution in [0.1, 0.15) is 54.4 Å². The van der Waals surface area contributed by atoms with E-state index in [2.05, 4.69) is 26.0 Å². The minimum Gasteiger partial charge on any atom is -0.507 e. The first kappa shape index (κ1) is 29.4. The number of aromatic hydroxyl groups is 4. The Morgan fingerprint density at radius 3 is 2.31 bits per heavy atom. The Morgan fingerprint density at radius 1 is 0.867 bits per heavy atom. The predicted molar refractivity (Wildman–Crippen MR) is 165 cm³/mol. The molecule has 0 amide bonds. The van der Waals surface area contributed by atoms with E-state index < -0.39 is 40.3 Å². The van der Waals surface area contributed by atoms with Crippen LogP contribution in [0.3, 0.4) is 0 Å². The number of carbonyl (C=O) groups excluding carboxylic acids is 1. The van der Waals surface area contributed by atoms with Gasteiger partial charge in [0.1, 0.15) is 29.1 Å². The number of phenolic OH excluding ortho intramolecular Hbond substituents is 3. The second kappa shape index (κ2) is 11.5. The smallest absolute Gasteiger partial charge is 0.312 e. The zero-order chi connectivity index (χ0) is 32.0. The topological polar surface area (TPSA) is 156 Å². The summed E-state index contributed by atoms with van der Waals surface area (Å²) in [5, 5.41) is 41.0. The summed E-state index contributed by atoms with van der Waals surface area (Å²) in [5.74, 6) is -2.59. The van der Waals surface area contributed by atoms with Crippen LogP contribution in [-0.2, 0) is 11.4 Å². The Labute approximate surface area is 257 Å². The summed E-state index contributed by atoms with van der Waals surface area (Å²) < 4.78 is 23.3. The van der Waals surface area contributed by atoms with E-state index in [4.69, 9.17) is 18.6 Å². The van der Waals surface area contributed by atoms with Gasteiger partial charge in [-0.3, -0.25) is 9.59 Å². The number of methoxy groups -OCH3 is 1. The largest absolute Gasteiger partial charge is 0.507 e. The van der Waals surface area contributed by atoms with Crippen molar-refractivity contribution in [2.24, 2.45) is 0 Å². The molecule has 1 atom stereocenters. The molecule has 0 aliphatic carbocycles. The number of phenols is 3. The summed E-state index contributed by atoms with van der Waals surface area (Å²) in [6.45, 7) is 4.51. The molecule has 6 rings (SSSR count). The maximum atomic E-state index is 13.4. The molecule has 4 N–H and O–H groups in total. The molecule has 0 bridgehead atoms. The molecular formula is C35H30O10. The van der Waals surface area contributed by atoms with Gasteiger partial charge in [-0.1, -0.05) is 44.2 Å². The Morgan fingerprint density at radius 2 is 1.62 bits per heavy atom. The molecule has 10 heteroatoms. The number of carbonyl (C=O) groups is 1. The van der Waals surface area contributed by atoms with Crippen LogP contribution in [0, 0.1) is 0 Å². The fourth-order valence-electron chi connectivity index (χ4n) is 5.51. The molecule has 10 nitrogen and oxygen atoms in total. The lowest BCUT2D eigenvalue weighted by Crippen LogP contribution is -2.22. The van der Waals surface area contributed by atoms with Crippen molar-refractivity contribution in [1.82, 2.24) is 0 Å². The average Bonchev–Trinajstić information content (AvgIpc) is 3.02. The molecule has 0 fully saturated rings. The second-order valence-electron chi connectivity index (χ2n) is 11.2. The fraction of sp³-hybridized carbons (Fsp3) is 0.200. The van der Waals surface area contributed by atoms with E-state index in [-0.39, 0.29) is 41.1 Å². The van der Waals surface area contributed by atoms with E-state index in [0.29, 0.717) is 28.5 Å². The van der Waals surface area contributed by atoms with Gasteiger partial charge in [0, 0.05) is 23.1 Å². The highest BCUT2D eigenvalue weighted by atomic mass is 16.5. The van der Waals surface area contributed by atoms with E-state index in [0.717, 1.165) is 17.7 Å². The minimum atomic E-state index is -0.933. The molecule has 1 aromatic heterocycles. The Balaban J connectivity index is 1.47. The summed E-state index contributed by atoms with van der Waals surface area (Å²) in [6, 6.07) is 18.1. The van der Waals surface area contributed by atoms with Crippen LogP contribution in [0.4, 0.5) is 0 Å². The number of hydrogen-bond donors (Lipinski definition) is 4.